The predicted molar refractivity (Wildman–Crippen MR) is 85.9 cm³/mol. The molecule has 0 saturated carbocycles. The first-order valence-electron chi connectivity index (χ1n) is 7.35. The van der Waals surface area contributed by atoms with E-state index in [0.717, 1.165) is 42.6 Å². The van der Waals surface area contributed by atoms with E-state index in [1.807, 2.05) is 0 Å². The van der Waals surface area contributed by atoms with Gasteiger partial charge in [-0.15, -0.1) is 0 Å². The molecule has 0 aromatic heterocycles. The highest BCUT2D eigenvalue weighted by atomic mass is 79.9. The van der Waals surface area contributed by atoms with Gasteiger partial charge in [-0.05, 0) is 61.9 Å². The molecule has 3 heteroatoms. The Morgan fingerprint density at radius 1 is 1.21 bits per heavy atom. The van der Waals surface area contributed by atoms with Crippen LogP contribution in [0.4, 0.5) is 0 Å². The van der Waals surface area contributed by atoms with E-state index in [2.05, 4.69) is 48.0 Å². The van der Waals surface area contributed by atoms with Crippen LogP contribution in [-0.2, 0) is 0 Å². The van der Waals surface area contributed by atoms with Crippen molar-refractivity contribution in [1.82, 2.24) is 0 Å². The summed E-state index contributed by atoms with van der Waals surface area (Å²) in [7, 11) is 0. The number of hydrogen-bond donors (Lipinski definition) is 1. The fourth-order valence-electron chi connectivity index (χ4n) is 2.35. The van der Waals surface area contributed by atoms with Crippen molar-refractivity contribution in [2.75, 3.05) is 13.2 Å². The normalized spacial score (nSPS) is 12.4. The Morgan fingerprint density at radius 2 is 2.00 bits per heavy atom. The second-order valence-electron chi connectivity index (χ2n) is 4.95. The highest BCUT2D eigenvalue weighted by Crippen LogP contribution is 2.35. The van der Waals surface area contributed by atoms with Gasteiger partial charge in [0.15, 0.2) is 0 Å². The SMILES string of the molecule is CCCOc1ccc(Br)cc1C(CCC)CCCN. The highest BCUT2D eigenvalue weighted by molar-refractivity contribution is 9.10. The molecule has 0 radical (unpaired) electrons. The third-order valence-corrected chi connectivity index (χ3v) is 3.76. The molecule has 0 amide bonds. The topological polar surface area (TPSA) is 35.2 Å². The zero-order chi connectivity index (χ0) is 14.1. The zero-order valence-electron chi connectivity index (χ0n) is 12.1. The monoisotopic (exact) mass is 327 g/mol. The third-order valence-electron chi connectivity index (χ3n) is 3.27. The standard InChI is InChI=1S/C16H26BrNO/c1-3-6-13(7-5-10-18)15-12-14(17)8-9-16(15)19-11-4-2/h8-9,12-13H,3-7,10-11,18H2,1-2H3. The number of halogens is 1. The number of ether oxygens (including phenoxy) is 1. The first-order chi connectivity index (χ1) is 9.22. The molecule has 2 N–H and O–H groups in total. The average Bonchev–Trinajstić information content (AvgIpc) is 2.42. The lowest BCUT2D eigenvalue weighted by molar-refractivity contribution is 0.310. The summed E-state index contributed by atoms with van der Waals surface area (Å²) in [5, 5.41) is 0. The van der Waals surface area contributed by atoms with Crippen LogP contribution in [0.2, 0.25) is 0 Å². The van der Waals surface area contributed by atoms with Crippen LogP contribution in [0, 0.1) is 0 Å². The molecular weight excluding hydrogens is 302 g/mol. The Balaban J connectivity index is 2.93. The summed E-state index contributed by atoms with van der Waals surface area (Å²) in [6, 6.07) is 6.35. The molecule has 108 valence electrons. The maximum atomic E-state index is 5.90. The second kappa shape index (κ2) is 9.38. The molecule has 1 unspecified atom stereocenters. The number of hydrogen-bond acceptors (Lipinski definition) is 2. The first kappa shape index (κ1) is 16.5. The van der Waals surface area contributed by atoms with E-state index >= 15 is 0 Å². The van der Waals surface area contributed by atoms with Gasteiger partial charge in [0.25, 0.3) is 0 Å². The molecule has 1 atom stereocenters. The van der Waals surface area contributed by atoms with Crippen molar-refractivity contribution in [3.63, 3.8) is 0 Å². The van der Waals surface area contributed by atoms with Crippen LogP contribution in [0.5, 0.6) is 5.75 Å². The van der Waals surface area contributed by atoms with Gasteiger partial charge in [-0.1, -0.05) is 36.2 Å². The maximum Gasteiger partial charge on any atom is 0.122 e. The average molecular weight is 328 g/mol. The summed E-state index contributed by atoms with van der Waals surface area (Å²) < 4.78 is 7.02. The van der Waals surface area contributed by atoms with Crippen molar-refractivity contribution < 1.29 is 4.74 Å². The largest absolute Gasteiger partial charge is 0.493 e. The molecular formula is C16H26BrNO. The number of nitrogens with two attached hydrogens (primary N) is 1. The minimum atomic E-state index is 0.554. The van der Waals surface area contributed by atoms with Crippen molar-refractivity contribution in [3.05, 3.63) is 28.2 Å². The van der Waals surface area contributed by atoms with Crippen LogP contribution in [-0.4, -0.2) is 13.2 Å². The fourth-order valence-corrected chi connectivity index (χ4v) is 2.73. The third kappa shape index (κ3) is 5.53. The Labute approximate surface area is 125 Å². The van der Waals surface area contributed by atoms with Crippen molar-refractivity contribution in [2.24, 2.45) is 5.73 Å². The van der Waals surface area contributed by atoms with Gasteiger partial charge in [-0.3, -0.25) is 0 Å². The van der Waals surface area contributed by atoms with Gasteiger partial charge in [0, 0.05) is 4.47 Å². The maximum absolute atomic E-state index is 5.90. The lowest BCUT2D eigenvalue weighted by atomic mass is 9.89. The van der Waals surface area contributed by atoms with E-state index < -0.39 is 0 Å². The summed E-state index contributed by atoms with van der Waals surface area (Å²) in [6.07, 6.45) is 5.64. The number of benzene rings is 1. The molecule has 2 nitrogen and oxygen atoms in total. The Hall–Kier alpha value is -0.540. The van der Waals surface area contributed by atoms with Crippen LogP contribution < -0.4 is 10.5 Å². The van der Waals surface area contributed by atoms with Crippen molar-refractivity contribution in [2.45, 2.75) is 51.9 Å². The van der Waals surface area contributed by atoms with E-state index in [0.29, 0.717) is 5.92 Å². The molecule has 0 fully saturated rings. The van der Waals surface area contributed by atoms with Crippen LogP contribution >= 0.6 is 15.9 Å². The van der Waals surface area contributed by atoms with Gasteiger partial charge in [0.2, 0.25) is 0 Å². The van der Waals surface area contributed by atoms with Gasteiger partial charge in [0.05, 0.1) is 6.61 Å². The second-order valence-corrected chi connectivity index (χ2v) is 5.86. The van der Waals surface area contributed by atoms with Gasteiger partial charge in [0.1, 0.15) is 5.75 Å². The van der Waals surface area contributed by atoms with Crippen molar-refractivity contribution in [3.8, 4) is 5.75 Å². The van der Waals surface area contributed by atoms with Crippen LogP contribution in [0.1, 0.15) is 57.4 Å². The molecule has 1 aromatic carbocycles. The van der Waals surface area contributed by atoms with E-state index in [4.69, 9.17) is 10.5 Å². The molecule has 19 heavy (non-hydrogen) atoms. The Bertz CT molecular complexity index is 368. The van der Waals surface area contributed by atoms with E-state index in [1.165, 1.54) is 18.4 Å². The Kier molecular flexibility index (Phi) is 8.15. The molecule has 0 heterocycles. The summed E-state index contributed by atoms with van der Waals surface area (Å²) in [6.45, 7) is 5.92. The minimum Gasteiger partial charge on any atom is -0.493 e. The molecule has 0 aliphatic heterocycles. The van der Waals surface area contributed by atoms with E-state index in [1.54, 1.807) is 0 Å². The Morgan fingerprint density at radius 3 is 2.63 bits per heavy atom. The molecule has 0 aliphatic carbocycles. The summed E-state index contributed by atoms with van der Waals surface area (Å²) in [4.78, 5) is 0. The molecule has 0 aliphatic rings. The van der Waals surface area contributed by atoms with Gasteiger partial charge >= 0.3 is 0 Å². The lowest BCUT2D eigenvalue weighted by Crippen LogP contribution is -2.07. The molecule has 0 bridgehead atoms. The van der Waals surface area contributed by atoms with Gasteiger partial charge < -0.3 is 10.5 Å². The van der Waals surface area contributed by atoms with Crippen molar-refractivity contribution >= 4 is 15.9 Å². The smallest absolute Gasteiger partial charge is 0.122 e. The van der Waals surface area contributed by atoms with Crippen LogP contribution in [0.25, 0.3) is 0 Å². The lowest BCUT2D eigenvalue weighted by Gasteiger charge is -2.20. The zero-order valence-corrected chi connectivity index (χ0v) is 13.7. The highest BCUT2D eigenvalue weighted by Gasteiger charge is 2.16. The predicted octanol–water partition coefficient (Wildman–Crippen LogP) is 4.86. The summed E-state index contributed by atoms with van der Waals surface area (Å²) >= 11 is 3.57. The molecule has 0 saturated heterocycles. The van der Waals surface area contributed by atoms with E-state index in [-0.39, 0.29) is 0 Å². The summed E-state index contributed by atoms with van der Waals surface area (Å²) in [5.74, 6) is 1.60. The van der Waals surface area contributed by atoms with Crippen LogP contribution in [0.3, 0.4) is 0 Å². The first-order valence-corrected chi connectivity index (χ1v) is 8.14. The van der Waals surface area contributed by atoms with Gasteiger partial charge in [-0.25, -0.2) is 0 Å². The molecule has 1 aromatic rings. The molecule has 1 rings (SSSR count). The minimum absolute atomic E-state index is 0.554. The number of rotatable bonds is 9. The van der Waals surface area contributed by atoms with Crippen molar-refractivity contribution in [1.29, 1.82) is 0 Å². The van der Waals surface area contributed by atoms with Crippen LogP contribution in [0.15, 0.2) is 22.7 Å². The fraction of sp³-hybridized carbons (Fsp3) is 0.625. The molecule has 0 spiro atoms. The summed E-state index contributed by atoms with van der Waals surface area (Å²) in [5.41, 5.74) is 6.99. The van der Waals surface area contributed by atoms with E-state index in [9.17, 15) is 0 Å². The quantitative estimate of drug-likeness (QED) is 0.702. The van der Waals surface area contributed by atoms with Gasteiger partial charge in [-0.2, -0.15) is 0 Å².